The Kier molecular flexibility index (Phi) is 5.90. The van der Waals surface area contributed by atoms with Gasteiger partial charge in [-0.15, -0.1) is 0 Å². The third-order valence-corrected chi connectivity index (χ3v) is 5.63. The van der Waals surface area contributed by atoms with Crippen LogP contribution in [0.3, 0.4) is 0 Å². The molecule has 1 unspecified atom stereocenters. The van der Waals surface area contributed by atoms with Crippen LogP contribution in [-0.2, 0) is 33.8 Å². The van der Waals surface area contributed by atoms with Gasteiger partial charge in [0.25, 0.3) is 0 Å². The van der Waals surface area contributed by atoms with Crippen molar-refractivity contribution in [2.75, 3.05) is 18.4 Å². The van der Waals surface area contributed by atoms with E-state index in [1.54, 1.807) is 9.80 Å². The maximum Gasteiger partial charge on any atom is 0.410 e. The molecule has 0 bridgehead atoms. The molecule has 32 heavy (non-hydrogen) atoms. The number of anilines is 1. The lowest BCUT2D eigenvalue weighted by atomic mass is 10.1. The molecule has 2 aliphatic heterocycles. The largest absolute Gasteiger partial charge is 0.444 e. The first kappa shape index (κ1) is 21.9. The average molecular weight is 440 g/mol. The number of benzene rings is 1. The van der Waals surface area contributed by atoms with E-state index in [1.807, 2.05) is 51.1 Å². The van der Waals surface area contributed by atoms with Crippen molar-refractivity contribution in [3.63, 3.8) is 0 Å². The number of hydrogen-bond acceptors (Lipinski definition) is 5. The van der Waals surface area contributed by atoms with Gasteiger partial charge in [0.15, 0.2) is 5.82 Å². The second kappa shape index (κ2) is 8.64. The minimum Gasteiger partial charge on any atom is -0.444 e. The van der Waals surface area contributed by atoms with Gasteiger partial charge in [-0.1, -0.05) is 30.3 Å². The first-order valence-electron chi connectivity index (χ1n) is 10.9. The van der Waals surface area contributed by atoms with Gasteiger partial charge in [-0.2, -0.15) is 5.10 Å². The first-order chi connectivity index (χ1) is 15.2. The molecule has 2 aliphatic rings. The van der Waals surface area contributed by atoms with Crippen LogP contribution >= 0.6 is 0 Å². The number of ether oxygens (including phenoxy) is 1. The van der Waals surface area contributed by atoms with Crippen LogP contribution in [0.25, 0.3) is 0 Å². The molecule has 2 aromatic rings. The fourth-order valence-corrected chi connectivity index (χ4v) is 4.00. The molecule has 4 rings (SSSR count). The number of carbonyl (C=O) groups excluding carboxylic acids is 3. The van der Waals surface area contributed by atoms with Crippen LogP contribution in [0.15, 0.2) is 30.3 Å². The summed E-state index contributed by atoms with van der Waals surface area (Å²) in [7, 11) is 0. The van der Waals surface area contributed by atoms with Crippen molar-refractivity contribution in [1.82, 2.24) is 20.0 Å². The van der Waals surface area contributed by atoms with Gasteiger partial charge in [0.2, 0.25) is 11.8 Å². The zero-order chi connectivity index (χ0) is 22.9. The number of fused-ring (bicyclic) bond motifs is 1. The Bertz CT molecular complexity index is 1010. The van der Waals surface area contributed by atoms with E-state index in [4.69, 9.17) is 4.74 Å². The van der Waals surface area contributed by atoms with E-state index in [0.29, 0.717) is 38.4 Å². The predicted octanol–water partition coefficient (Wildman–Crippen LogP) is 2.69. The average Bonchev–Trinajstić information content (AvgIpc) is 3.31. The van der Waals surface area contributed by atoms with Crippen molar-refractivity contribution >= 4 is 23.7 Å². The Morgan fingerprint density at radius 1 is 1.25 bits per heavy atom. The summed E-state index contributed by atoms with van der Waals surface area (Å²) < 4.78 is 5.47. The molecule has 1 saturated heterocycles. The Balaban J connectivity index is 1.38. The molecule has 9 nitrogen and oxygen atoms in total. The van der Waals surface area contributed by atoms with Crippen LogP contribution in [-0.4, -0.2) is 56.6 Å². The lowest BCUT2D eigenvalue weighted by molar-refractivity contribution is -0.128. The molecule has 170 valence electrons. The molecule has 1 fully saturated rings. The number of aromatic nitrogens is 2. The van der Waals surface area contributed by atoms with Gasteiger partial charge in [-0.25, -0.2) is 4.79 Å². The van der Waals surface area contributed by atoms with Gasteiger partial charge < -0.3 is 19.9 Å². The van der Waals surface area contributed by atoms with Gasteiger partial charge in [0, 0.05) is 43.7 Å². The summed E-state index contributed by atoms with van der Waals surface area (Å²) in [4.78, 5) is 41.1. The summed E-state index contributed by atoms with van der Waals surface area (Å²) in [5, 5.41) is 10.1. The number of nitrogens with zero attached hydrogens (tertiary/aromatic N) is 3. The molecule has 0 aliphatic carbocycles. The minimum absolute atomic E-state index is 0.0332. The van der Waals surface area contributed by atoms with Crippen LogP contribution in [0.1, 0.15) is 44.0 Å². The third-order valence-electron chi connectivity index (χ3n) is 5.63. The fourth-order valence-electron chi connectivity index (χ4n) is 4.00. The van der Waals surface area contributed by atoms with Crippen molar-refractivity contribution in [3.8, 4) is 0 Å². The molecular formula is C23H29N5O4. The fraction of sp³-hybridized carbons (Fsp3) is 0.478. The van der Waals surface area contributed by atoms with Gasteiger partial charge in [0.1, 0.15) is 5.60 Å². The number of carbonyl (C=O) groups is 3. The number of nitrogens with one attached hydrogen (secondary N) is 2. The lowest BCUT2D eigenvalue weighted by Gasteiger charge is -2.30. The van der Waals surface area contributed by atoms with Crippen molar-refractivity contribution in [2.45, 2.75) is 52.3 Å². The van der Waals surface area contributed by atoms with Gasteiger partial charge in [-0.3, -0.25) is 14.7 Å². The Morgan fingerprint density at radius 3 is 2.72 bits per heavy atom. The van der Waals surface area contributed by atoms with Crippen molar-refractivity contribution in [2.24, 2.45) is 5.92 Å². The highest BCUT2D eigenvalue weighted by Crippen LogP contribution is 2.27. The maximum absolute atomic E-state index is 12.9. The van der Waals surface area contributed by atoms with Crippen molar-refractivity contribution in [1.29, 1.82) is 0 Å². The van der Waals surface area contributed by atoms with Crippen LogP contribution in [0.2, 0.25) is 0 Å². The zero-order valence-electron chi connectivity index (χ0n) is 18.7. The SMILES string of the molecule is CC(C)(C)OC(=O)N1CCc2[nH]nc(NC(=O)C3CC(=O)N(Cc4ccccc4)C3)c2C1. The number of H-pyrrole nitrogens is 1. The van der Waals surface area contributed by atoms with E-state index in [9.17, 15) is 14.4 Å². The quantitative estimate of drug-likeness (QED) is 0.762. The molecule has 3 heterocycles. The number of hydrogen-bond donors (Lipinski definition) is 2. The predicted molar refractivity (Wildman–Crippen MR) is 118 cm³/mol. The molecule has 2 N–H and O–H groups in total. The summed E-state index contributed by atoms with van der Waals surface area (Å²) in [5.74, 6) is -0.303. The van der Waals surface area contributed by atoms with E-state index in [-0.39, 0.29) is 24.3 Å². The Labute approximate surface area is 187 Å². The molecular weight excluding hydrogens is 410 g/mol. The highest BCUT2D eigenvalue weighted by molar-refractivity contribution is 5.97. The third kappa shape index (κ3) is 4.92. The smallest absolute Gasteiger partial charge is 0.410 e. The van der Waals surface area contributed by atoms with E-state index >= 15 is 0 Å². The monoisotopic (exact) mass is 439 g/mol. The highest BCUT2D eigenvalue weighted by atomic mass is 16.6. The number of rotatable bonds is 4. The number of likely N-dealkylation sites (tertiary alicyclic amines) is 1. The lowest BCUT2D eigenvalue weighted by Crippen LogP contribution is -2.40. The van der Waals surface area contributed by atoms with E-state index in [0.717, 1.165) is 16.8 Å². The number of aromatic amines is 1. The summed E-state index contributed by atoms with van der Waals surface area (Å²) in [5.41, 5.74) is 2.13. The van der Waals surface area contributed by atoms with E-state index in [2.05, 4.69) is 15.5 Å². The normalized spacial score (nSPS) is 18.5. The van der Waals surface area contributed by atoms with E-state index < -0.39 is 11.5 Å². The second-order valence-electron chi connectivity index (χ2n) is 9.33. The standard InChI is InChI=1S/C23H29N5O4/c1-23(2,3)32-22(31)27-10-9-18-17(14-27)20(26-25-18)24-21(30)16-11-19(29)28(13-16)12-15-7-5-4-6-8-15/h4-8,16H,9-14H2,1-3H3,(H2,24,25,26,30). The van der Waals surface area contributed by atoms with Gasteiger partial charge in [-0.05, 0) is 26.3 Å². The Morgan fingerprint density at radius 2 is 2.00 bits per heavy atom. The minimum atomic E-state index is -0.578. The topological polar surface area (TPSA) is 108 Å². The second-order valence-corrected chi connectivity index (χ2v) is 9.33. The van der Waals surface area contributed by atoms with Gasteiger partial charge >= 0.3 is 6.09 Å². The molecule has 3 amide bonds. The summed E-state index contributed by atoms with van der Waals surface area (Å²) >= 11 is 0. The molecule has 0 saturated carbocycles. The van der Waals surface area contributed by atoms with Crippen LogP contribution in [0, 0.1) is 5.92 Å². The van der Waals surface area contributed by atoms with Crippen LogP contribution in [0.5, 0.6) is 0 Å². The number of amides is 3. The first-order valence-corrected chi connectivity index (χ1v) is 10.9. The molecule has 9 heteroatoms. The van der Waals surface area contributed by atoms with Crippen molar-refractivity contribution < 1.29 is 19.1 Å². The highest BCUT2D eigenvalue weighted by Gasteiger charge is 2.35. The summed E-state index contributed by atoms with van der Waals surface area (Å²) in [6, 6.07) is 9.73. The van der Waals surface area contributed by atoms with Crippen LogP contribution < -0.4 is 5.32 Å². The van der Waals surface area contributed by atoms with Crippen molar-refractivity contribution in [3.05, 3.63) is 47.2 Å². The molecule has 0 spiro atoms. The van der Waals surface area contributed by atoms with E-state index in [1.165, 1.54) is 0 Å². The molecule has 1 atom stereocenters. The summed E-state index contributed by atoms with van der Waals surface area (Å²) in [6.07, 6.45) is 0.388. The Hall–Kier alpha value is -3.36. The molecule has 1 aromatic carbocycles. The maximum atomic E-state index is 12.9. The van der Waals surface area contributed by atoms with Gasteiger partial charge in [0.05, 0.1) is 12.5 Å². The van der Waals surface area contributed by atoms with Crippen LogP contribution in [0.4, 0.5) is 10.6 Å². The molecule has 0 radical (unpaired) electrons. The molecule has 1 aromatic heterocycles. The summed E-state index contributed by atoms with van der Waals surface area (Å²) in [6.45, 7) is 7.17. The zero-order valence-corrected chi connectivity index (χ0v) is 18.7.